The van der Waals surface area contributed by atoms with Crippen molar-refractivity contribution in [2.75, 3.05) is 5.32 Å². The molecule has 84 valence electrons. The first-order chi connectivity index (χ1) is 7.65. The molecule has 5 heteroatoms. The molecule has 0 radical (unpaired) electrons. The number of rotatable bonds is 3. The van der Waals surface area contributed by atoms with E-state index in [0.29, 0.717) is 12.2 Å². The molecule has 1 N–H and O–H groups in total. The van der Waals surface area contributed by atoms with Crippen LogP contribution in [-0.4, -0.2) is 0 Å². The van der Waals surface area contributed by atoms with E-state index >= 15 is 0 Å². The third-order valence-corrected chi connectivity index (χ3v) is 3.55. The summed E-state index contributed by atoms with van der Waals surface area (Å²) in [6.07, 6.45) is 0. The molecule has 0 aliphatic heterocycles. The quantitative estimate of drug-likeness (QED) is 0.848. The molecule has 2 rings (SSSR count). The minimum Gasteiger partial charge on any atom is -0.380 e. The van der Waals surface area contributed by atoms with Crippen LogP contribution < -0.4 is 5.32 Å². The molecule has 1 heterocycles. The van der Waals surface area contributed by atoms with Crippen LogP contribution in [0.3, 0.4) is 0 Å². The van der Waals surface area contributed by atoms with Crippen molar-refractivity contribution in [1.29, 1.82) is 0 Å². The molecule has 0 atom stereocenters. The van der Waals surface area contributed by atoms with Crippen LogP contribution in [0.4, 0.5) is 10.1 Å². The largest absolute Gasteiger partial charge is 0.380 e. The number of thiophene rings is 1. The molecule has 0 spiro atoms. The summed E-state index contributed by atoms with van der Waals surface area (Å²) in [7, 11) is 0. The number of hydrogen-bond acceptors (Lipinski definition) is 2. The standard InChI is InChI=1S/C11H8Cl2FNS/c12-9-3-1-7(5-10(9)14)15-6-8-2-4-11(13)16-8/h1-5,15H,6H2. The second-order valence-electron chi connectivity index (χ2n) is 3.19. The van der Waals surface area contributed by atoms with Crippen LogP contribution >= 0.6 is 34.5 Å². The monoisotopic (exact) mass is 275 g/mol. The molecule has 0 aliphatic rings. The van der Waals surface area contributed by atoms with Crippen LogP contribution in [-0.2, 0) is 6.54 Å². The van der Waals surface area contributed by atoms with E-state index in [1.165, 1.54) is 23.5 Å². The van der Waals surface area contributed by atoms with Crippen LogP contribution in [0.15, 0.2) is 30.3 Å². The summed E-state index contributed by atoms with van der Waals surface area (Å²) in [6, 6.07) is 8.41. The Morgan fingerprint density at radius 3 is 2.62 bits per heavy atom. The smallest absolute Gasteiger partial charge is 0.143 e. The van der Waals surface area contributed by atoms with Crippen LogP contribution in [0.25, 0.3) is 0 Å². The lowest BCUT2D eigenvalue weighted by atomic mass is 10.3. The van der Waals surface area contributed by atoms with Crippen molar-refractivity contribution >= 4 is 40.2 Å². The molecule has 0 fully saturated rings. The fraction of sp³-hybridized carbons (Fsp3) is 0.0909. The Balaban J connectivity index is 2.02. The molecule has 0 unspecified atom stereocenters. The predicted octanol–water partition coefficient (Wildman–Crippen LogP) is 4.81. The maximum Gasteiger partial charge on any atom is 0.143 e. The van der Waals surface area contributed by atoms with Gasteiger partial charge in [0.25, 0.3) is 0 Å². The lowest BCUT2D eigenvalue weighted by Gasteiger charge is -2.05. The highest BCUT2D eigenvalue weighted by molar-refractivity contribution is 7.16. The lowest BCUT2D eigenvalue weighted by molar-refractivity contribution is 0.628. The van der Waals surface area contributed by atoms with Crippen molar-refractivity contribution < 1.29 is 4.39 Å². The van der Waals surface area contributed by atoms with Gasteiger partial charge in [-0.25, -0.2) is 4.39 Å². The summed E-state index contributed by atoms with van der Waals surface area (Å²) in [5.41, 5.74) is 0.700. The first-order valence-electron chi connectivity index (χ1n) is 4.58. The highest BCUT2D eigenvalue weighted by atomic mass is 35.5. The summed E-state index contributed by atoms with van der Waals surface area (Å²) in [6.45, 7) is 0.623. The van der Waals surface area contributed by atoms with Gasteiger partial charge in [0.15, 0.2) is 0 Å². The number of benzene rings is 1. The number of nitrogens with one attached hydrogen (secondary N) is 1. The third kappa shape index (κ3) is 2.88. The molecule has 0 aliphatic carbocycles. The average Bonchev–Trinajstić information content (AvgIpc) is 2.66. The first kappa shape index (κ1) is 11.7. The summed E-state index contributed by atoms with van der Waals surface area (Å²) in [5.74, 6) is -0.420. The third-order valence-electron chi connectivity index (χ3n) is 2.02. The van der Waals surface area contributed by atoms with Gasteiger partial charge >= 0.3 is 0 Å². The van der Waals surface area contributed by atoms with Gasteiger partial charge in [0.2, 0.25) is 0 Å². The Kier molecular flexibility index (Phi) is 3.69. The first-order valence-corrected chi connectivity index (χ1v) is 6.15. The summed E-state index contributed by atoms with van der Waals surface area (Å²) < 4.78 is 13.9. The van der Waals surface area contributed by atoms with Crippen molar-refractivity contribution in [3.05, 3.63) is 50.4 Å². The Bertz CT molecular complexity index is 498. The number of anilines is 1. The summed E-state index contributed by atoms with van der Waals surface area (Å²) in [5, 5.41) is 3.22. The summed E-state index contributed by atoms with van der Waals surface area (Å²) >= 11 is 12.9. The fourth-order valence-corrected chi connectivity index (χ4v) is 2.39. The highest BCUT2D eigenvalue weighted by Crippen LogP contribution is 2.23. The Morgan fingerprint density at radius 1 is 1.19 bits per heavy atom. The molecule has 0 amide bonds. The highest BCUT2D eigenvalue weighted by Gasteiger charge is 2.02. The molecule has 1 aromatic carbocycles. The SMILES string of the molecule is Fc1cc(NCc2ccc(Cl)s2)ccc1Cl. The zero-order valence-electron chi connectivity index (χ0n) is 8.14. The summed E-state index contributed by atoms with van der Waals surface area (Å²) in [4.78, 5) is 1.10. The maximum atomic E-state index is 13.1. The van der Waals surface area contributed by atoms with Crippen LogP contribution in [0.2, 0.25) is 9.36 Å². The lowest BCUT2D eigenvalue weighted by Crippen LogP contribution is -1.97. The molecule has 16 heavy (non-hydrogen) atoms. The van der Waals surface area contributed by atoms with Gasteiger partial charge in [-0.1, -0.05) is 23.2 Å². The van der Waals surface area contributed by atoms with E-state index in [1.54, 1.807) is 6.07 Å². The van der Waals surface area contributed by atoms with Crippen LogP contribution in [0.5, 0.6) is 0 Å². The van der Waals surface area contributed by atoms with E-state index < -0.39 is 5.82 Å². The van der Waals surface area contributed by atoms with Gasteiger partial charge in [0.05, 0.1) is 9.36 Å². The fourth-order valence-electron chi connectivity index (χ4n) is 1.24. The second-order valence-corrected chi connectivity index (χ2v) is 5.40. The molecule has 0 saturated carbocycles. The molecular formula is C11H8Cl2FNS. The van der Waals surface area contributed by atoms with Crippen molar-refractivity contribution in [2.24, 2.45) is 0 Å². The average molecular weight is 276 g/mol. The zero-order valence-corrected chi connectivity index (χ0v) is 10.5. The topological polar surface area (TPSA) is 12.0 Å². The minimum absolute atomic E-state index is 0.129. The maximum absolute atomic E-state index is 13.1. The molecule has 0 saturated heterocycles. The van der Waals surface area contributed by atoms with Crippen LogP contribution in [0.1, 0.15) is 4.88 Å². The second kappa shape index (κ2) is 5.04. The molecular weight excluding hydrogens is 268 g/mol. The molecule has 1 aromatic heterocycles. The molecule has 2 aromatic rings. The van der Waals surface area contributed by atoms with Gasteiger partial charge in [0, 0.05) is 17.1 Å². The van der Waals surface area contributed by atoms with Crippen molar-refractivity contribution in [3.8, 4) is 0 Å². The predicted molar refractivity (Wildman–Crippen MR) is 68.1 cm³/mol. The Hall–Kier alpha value is -0.770. The Morgan fingerprint density at radius 2 is 2.00 bits per heavy atom. The van der Waals surface area contributed by atoms with Gasteiger partial charge in [0.1, 0.15) is 5.82 Å². The van der Waals surface area contributed by atoms with Gasteiger partial charge in [-0.05, 0) is 30.3 Å². The molecule has 0 bridgehead atoms. The van der Waals surface area contributed by atoms with E-state index in [0.717, 1.165) is 9.21 Å². The molecule has 1 nitrogen and oxygen atoms in total. The minimum atomic E-state index is -0.420. The van der Waals surface area contributed by atoms with Crippen molar-refractivity contribution in [2.45, 2.75) is 6.54 Å². The van der Waals surface area contributed by atoms with Gasteiger partial charge in [-0.2, -0.15) is 0 Å². The zero-order chi connectivity index (χ0) is 11.5. The number of halogens is 3. The van der Waals surface area contributed by atoms with Crippen molar-refractivity contribution in [3.63, 3.8) is 0 Å². The van der Waals surface area contributed by atoms with E-state index in [4.69, 9.17) is 23.2 Å². The van der Waals surface area contributed by atoms with Crippen molar-refractivity contribution in [1.82, 2.24) is 0 Å². The van der Waals surface area contributed by atoms with E-state index in [9.17, 15) is 4.39 Å². The van der Waals surface area contributed by atoms with E-state index in [2.05, 4.69) is 5.32 Å². The van der Waals surface area contributed by atoms with Gasteiger partial charge in [-0.3, -0.25) is 0 Å². The van der Waals surface area contributed by atoms with Gasteiger partial charge < -0.3 is 5.32 Å². The van der Waals surface area contributed by atoms with Gasteiger partial charge in [-0.15, -0.1) is 11.3 Å². The van der Waals surface area contributed by atoms with E-state index in [1.807, 2.05) is 12.1 Å². The van der Waals surface area contributed by atoms with E-state index in [-0.39, 0.29) is 5.02 Å². The Labute approximate surface area is 107 Å². The van der Waals surface area contributed by atoms with Crippen LogP contribution in [0, 0.1) is 5.82 Å². The number of hydrogen-bond donors (Lipinski definition) is 1. The normalized spacial score (nSPS) is 10.4.